The number of methoxy groups -OCH3 is 1. The number of alkyl halides is 2. The number of hydrogen-bond donors (Lipinski definition) is 1. The lowest BCUT2D eigenvalue weighted by Crippen LogP contribution is -2.60. The Morgan fingerprint density at radius 3 is 2.40 bits per heavy atom. The summed E-state index contributed by atoms with van der Waals surface area (Å²) in [7, 11) is 2.95. The summed E-state index contributed by atoms with van der Waals surface area (Å²) in [5.74, 6) is 0.442. The zero-order valence-electron chi connectivity index (χ0n) is 19.1. The molecule has 0 radical (unpaired) electrons. The van der Waals surface area contributed by atoms with Crippen molar-refractivity contribution in [2.45, 2.75) is 12.5 Å². The summed E-state index contributed by atoms with van der Waals surface area (Å²) in [4.78, 5) is 34.0. The molecule has 0 bridgehead atoms. The third kappa shape index (κ3) is 4.13. The van der Waals surface area contributed by atoms with Crippen LogP contribution in [0, 0.1) is 0 Å². The van der Waals surface area contributed by atoms with E-state index in [9.17, 15) is 18.7 Å². The summed E-state index contributed by atoms with van der Waals surface area (Å²) >= 11 is 0. The SMILES string of the molecule is COc1cccc2c1nc(C(F)F)n2-c1nc(N2CCOCC2)nc(N2CC(N(C)C(=O)O)C2)n1. The predicted molar refractivity (Wildman–Crippen MR) is 121 cm³/mol. The molecule has 0 spiro atoms. The molecular weight excluding hydrogens is 466 g/mol. The number of morpholine rings is 1. The smallest absolute Gasteiger partial charge is 0.407 e. The van der Waals surface area contributed by atoms with Gasteiger partial charge in [0.25, 0.3) is 6.43 Å². The van der Waals surface area contributed by atoms with E-state index in [1.165, 1.54) is 23.6 Å². The number of fused-ring (bicyclic) bond motifs is 1. The molecule has 0 aliphatic carbocycles. The van der Waals surface area contributed by atoms with Gasteiger partial charge in [-0.05, 0) is 12.1 Å². The first-order valence-corrected chi connectivity index (χ1v) is 11.0. The predicted octanol–water partition coefficient (Wildman–Crippen LogP) is 1.79. The van der Waals surface area contributed by atoms with Gasteiger partial charge in [-0.25, -0.2) is 18.6 Å². The van der Waals surface area contributed by atoms with E-state index < -0.39 is 18.3 Å². The Hall–Kier alpha value is -3.81. The van der Waals surface area contributed by atoms with Gasteiger partial charge in [0.2, 0.25) is 17.8 Å². The van der Waals surface area contributed by atoms with Crippen LogP contribution in [0.5, 0.6) is 5.75 Å². The number of benzene rings is 1. The Kier molecular flexibility index (Phi) is 5.96. The number of halogens is 2. The monoisotopic (exact) mass is 490 g/mol. The van der Waals surface area contributed by atoms with Crippen LogP contribution in [0.1, 0.15) is 12.2 Å². The van der Waals surface area contributed by atoms with Gasteiger partial charge >= 0.3 is 6.09 Å². The van der Waals surface area contributed by atoms with Crippen molar-refractivity contribution >= 4 is 29.0 Å². The van der Waals surface area contributed by atoms with E-state index in [0.717, 1.165) is 0 Å². The first kappa shape index (κ1) is 23.0. The van der Waals surface area contributed by atoms with Crippen molar-refractivity contribution in [3.05, 3.63) is 24.0 Å². The number of rotatable bonds is 6. The highest BCUT2D eigenvalue weighted by atomic mass is 19.3. The van der Waals surface area contributed by atoms with Crippen LogP contribution < -0.4 is 14.5 Å². The number of aromatic nitrogens is 5. The van der Waals surface area contributed by atoms with Crippen LogP contribution in [0.3, 0.4) is 0 Å². The summed E-state index contributed by atoms with van der Waals surface area (Å²) < 4.78 is 40.2. The van der Waals surface area contributed by atoms with Gasteiger partial charge in [0.05, 0.1) is 31.9 Å². The van der Waals surface area contributed by atoms with Crippen LogP contribution >= 0.6 is 0 Å². The third-order valence-corrected chi connectivity index (χ3v) is 6.18. The van der Waals surface area contributed by atoms with Crippen molar-refractivity contribution in [1.82, 2.24) is 29.4 Å². The lowest BCUT2D eigenvalue weighted by atomic mass is 10.1. The molecule has 2 saturated heterocycles. The van der Waals surface area contributed by atoms with Gasteiger partial charge in [-0.2, -0.15) is 15.0 Å². The minimum atomic E-state index is -2.89. The zero-order chi connectivity index (χ0) is 24.7. The standard InChI is InChI=1S/C21H24F2N8O4/c1-28(21(32)33)12-10-30(11-12)19-25-18(29-6-8-35-9-7-29)26-20(27-19)31-13-4-3-5-14(34-2)15(13)24-17(31)16(22)23/h3-5,12,16H,6-11H2,1-2H3,(H,32,33). The highest BCUT2D eigenvalue weighted by Gasteiger charge is 2.35. The number of amides is 1. The second kappa shape index (κ2) is 9.09. The number of imidazole rings is 1. The van der Waals surface area contributed by atoms with Crippen LogP contribution in [0.15, 0.2) is 18.2 Å². The van der Waals surface area contributed by atoms with Crippen molar-refractivity contribution in [1.29, 1.82) is 0 Å². The number of ether oxygens (including phenoxy) is 2. The van der Waals surface area contributed by atoms with Gasteiger partial charge in [-0.15, -0.1) is 0 Å². The van der Waals surface area contributed by atoms with Crippen LogP contribution in [0.25, 0.3) is 17.0 Å². The summed E-state index contributed by atoms with van der Waals surface area (Å²) in [5.41, 5.74) is 0.643. The second-order valence-corrected chi connectivity index (χ2v) is 8.22. The molecule has 2 fully saturated rings. The van der Waals surface area contributed by atoms with Crippen molar-refractivity contribution in [3.8, 4) is 11.7 Å². The van der Waals surface area contributed by atoms with E-state index in [2.05, 4.69) is 19.9 Å². The van der Waals surface area contributed by atoms with Gasteiger partial charge in [-0.3, -0.25) is 4.57 Å². The summed E-state index contributed by atoms with van der Waals surface area (Å²) in [6.07, 6.45) is -3.92. The van der Waals surface area contributed by atoms with Gasteiger partial charge in [0.1, 0.15) is 11.3 Å². The topological polar surface area (TPSA) is 122 Å². The largest absolute Gasteiger partial charge is 0.494 e. The molecule has 0 atom stereocenters. The Labute approximate surface area is 198 Å². The van der Waals surface area contributed by atoms with Gasteiger partial charge in [0.15, 0.2) is 5.82 Å². The number of hydrogen-bond acceptors (Lipinski definition) is 9. The minimum absolute atomic E-state index is 0.00224. The lowest BCUT2D eigenvalue weighted by Gasteiger charge is -2.43. The molecule has 14 heteroatoms. The third-order valence-electron chi connectivity index (χ3n) is 6.18. The fourth-order valence-electron chi connectivity index (χ4n) is 4.12. The number of carboxylic acid groups (broad SMARTS) is 1. The normalized spacial score (nSPS) is 16.6. The van der Waals surface area contributed by atoms with Crippen molar-refractivity contribution < 1.29 is 28.2 Å². The number of para-hydroxylation sites is 1. The van der Waals surface area contributed by atoms with E-state index in [1.807, 2.05) is 4.90 Å². The number of likely N-dealkylation sites (N-methyl/N-ethyl adjacent to an activating group) is 1. The first-order chi connectivity index (χ1) is 16.9. The Bertz CT molecular complexity index is 1240. The van der Waals surface area contributed by atoms with Gasteiger partial charge in [0, 0.05) is 33.2 Å². The zero-order valence-corrected chi connectivity index (χ0v) is 19.1. The maximum absolute atomic E-state index is 14.1. The lowest BCUT2D eigenvalue weighted by molar-refractivity contribution is 0.122. The van der Waals surface area contributed by atoms with Crippen LogP contribution in [0.2, 0.25) is 0 Å². The molecule has 2 aliphatic rings. The molecule has 1 amide bonds. The quantitative estimate of drug-likeness (QED) is 0.547. The minimum Gasteiger partial charge on any atom is -0.494 e. The molecule has 5 rings (SSSR count). The summed E-state index contributed by atoms with van der Waals surface area (Å²) in [6, 6.07) is 4.75. The number of carbonyl (C=O) groups is 1. The second-order valence-electron chi connectivity index (χ2n) is 8.22. The maximum atomic E-state index is 14.1. The molecule has 1 N–H and O–H groups in total. The van der Waals surface area contributed by atoms with Crippen molar-refractivity contribution in [2.24, 2.45) is 0 Å². The molecule has 2 aliphatic heterocycles. The van der Waals surface area contributed by atoms with Crippen LogP contribution in [-0.4, -0.2) is 100 Å². The van der Waals surface area contributed by atoms with Crippen molar-refractivity contribution in [2.75, 3.05) is 63.4 Å². The van der Waals surface area contributed by atoms with E-state index >= 15 is 0 Å². The maximum Gasteiger partial charge on any atom is 0.407 e. The molecule has 4 heterocycles. The molecule has 1 aromatic carbocycles. The fourth-order valence-corrected chi connectivity index (χ4v) is 4.12. The first-order valence-electron chi connectivity index (χ1n) is 11.0. The molecule has 35 heavy (non-hydrogen) atoms. The van der Waals surface area contributed by atoms with E-state index in [4.69, 9.17) is 9.47 Å². The fraction of sp³-hybridized carbons (Fsp3) is 0.476. The van der Waals surface area contributed by atoms with Crippen LogP contribution in [-0.2, 0) is 4.74 Å². The molecule has 0 saturated carbocycles. The highest BCUT2D eigenvalue weighted by Crippen LogP contribution is 2.33. The Balaban J connectivity index is 1.61. The highest BCUT2D eigenvalue weighted by molar-refractivity contribution is 5.84. The average molecular weight is 490 g/mol. The molecule has 12 nitrogen and oxygen atoms in total. The Morgan fingerprint density at radius 1 is 1.11 bits per heavy atom. The molecule has 186 valence electrons. The molecule has 3 aromatic rings. The molecular formula is C21H24F2N8O4. The van der Waals surface area contributed by atoms with E-state index in [0.29, 0.717) is 56.6 Å². The summed E-state index contributed by atoms with van der Waals surface area (Å²) in [6.45, 7) is 2.78. The molecule has 0 unspecified atom stereocenters. The van der Waals surface area contributed by atoms with Crippen LogP contribution in [0.4, 0.5) is 25.5 Å². The van der Waals surface area contributed by atoms with Gasteiger partial charge in [-0.1, -0.05) is 6.07 Å². The molecule has 2 aromatic heterocycles. The average Bonchev–Trinajstić information content (AvgIpc) is 3.23. The van der Waals surface area contributed by atoms with Gasteiger partial charge < -0.3 is 29.3 Å². The van der Waals surface area contributed by atoms with Crippen molar-refractivity contribution in [3.63, 3.8) is 0 Å². The summed E-state index contributed by atoms with van der Waals surface area (Å²) in [5, 5.41) is 9.24. The Morgan fingerprint density at radius 2 is 1.77 bits per heavy atom. The van der Waals surface area contributed by atoms with E-state index in [-0.39, 0.29) is 23.5 Å². The van der Waals surface area contributed by atoms with E-state index in [1.54, 1.807) is 23.1 Å². The number of nitrogens with zero attached hydrogens (tertiary/aromatic N) is 8. The number of anilines is 2.